The molecular formula is C39H41F2N5O2. The number of phenolic OH excluding ortho intramolecular Hbond substituents is 1. The van der Waals surface area contributed by atoms with Crippen molar-refractivity contribution >= 4 is 27.5 Å². The predicted molar refractivity (Wildman–Crippen MR) is 183 cm³/mol. The number of halogens is 2. The van der Waals surface area contributed by atoms with Gasteiger partial charge in [-0.1, -0.05) is 12.0 Å². The summed E-state index contributed by atoms with van der Waals surface area (Å²) in [5, 5.41) is 15.9. The zero-order valence-corrected chi connectivity index (χ0v) is 27.4. The van der Waals surface area contributed by atoms with Gasteiger partial charge in [-0.25, -0.2) is 8.78 Å². The van der Waals surface area contributed by atoms with Gasteiger partial charge in [0.05, 0.1) is 12.2 Å². The Morgan fingerprint density at radius 3 is 2.46 bits per heavy atom. The van der Waals surface area contributed by atoms with E-state index < -0.39 is 11.6 Å². The first kappa shape index (κ1) is 30.1. The Morgan fingerprint density at radius 1 is 1.02 bits per heavy atom. The average molecular weight is 650 g/mol. The van der Waals surface area contributed by atoms with Crippen molar-refractivity contribution in [1.29, 1.82) is 0 Å². The van der Waals surface area contributed by atoms with E-state index in [4.69, 9.17) is 21.1 Å². The lowest BCUT2D eigenvalue weighted by Gasteiger charge is -2.35. The van der Waals surface area contributed by atoms with Gasteiger partial charge in [0.1, 0.15) is 22.9 Å². The van der Waals surface area contributed by atoms with E-state index in [0.717, 1.165) is 58.4 Å². The van der Waals surface area contributed by atoms with E-state index in [1.807, 2.05) is 13.0 Å². The molecule has 2 unspecified atom stereocenters. The summed E-state index contributed by atoms with van der Waals surface area (Å²) in [7, 11) is 0. The van der Waals surface area contributed by atoms with Crippen LogP contribution in [0.5, 0.6) is 11.8 Å². The molecule has 4 heterocycles. The molecule has 3 saturated heterocycles. The average Bonchev–Trinajstić information content (AvgIpc) is 4.00. The van der Waals surface area contributed by atoms with Gasteiger partial charge in [0.25, 0.3) is 0 Å². The highest BCUT2D eigenvalue weighted by Gasteiger charge is 2.49. The summed E-state index contributed by atoms with van der Waals surface area (Å²) in [6, 6.07) is 8.59. The van der Waals surface area contributed by atoms with Crippen LogP contribution in [-0.4, -0.2) is 71.4 Å². The number of piperazine rings is 1. The van der Waals surface area contributed by atoms with Crippen molar-refractivity contribution in [1.82, 2.24) is 20.2 Å². The highest BCUT2D eigenvalue weighted by molar-refractivity contribution is 6.05. The Hall–Kier alpha value is -4.00. The summed E-state index contributed by atoms with van der Waals surface area (Å²) >= 11 is 0. The molecule has 0 radical (unpaired) electrons. The number of rotatable bonds is 7. The van der Waals surface area contributed by atoms with Gasteiger partial charge in [-0.05, 0) is 118 Å². The second-order valence-corrected chi connectivity index (χ2v) is 15.4. The molecule has 248 valence electrons. The number of benzene rings is 3. The second-order valence-electron chi connectivity index (χ2n) is 15.4. The van der Waals surface area contributed by atoms with Gasteiger partial charge in [0, 0.05) is 53.5 Å². The lowest BCUT2D eigenvalue weighted by Crippen LogP contribution is -2.51. The topological polar surface area (TPSA) is 73.8 Å². The van der Waals surface area contributed by atoms with Crippen LogP contribution in [0.2, 0.25) is 0 Å². The fourth-order valence-corrected chi connectivity index (χ4v) is 8.77. The number of likely N-dealkylation sites (tertiary alicyclic amines) is 1. The van der Waals surface area contributed by atoms with Crippen molar-refractivity contribution in [2.24, 2.45) is 10.8 Å². The largest absolute Gasteiger partial charge is 0.508 e. The van der Waals surface area contributed by atoms with E-state index in [1.54, 1.807) is 6.07 Å². The molecule has 0 amide bonds. The molecule has 9 heteroatoms. The van der Waals surface area contributed by atoms with E-state index >= 15 is 4.39 Å². The van der Waals surface area contributed by atoms with Gasteiger partial charge in [0.2, 0.25) is 0 Å². The first-order valence-corrected chi connectivity index (χ1v) is 17.5. The van der Waals surface area contributed by atoms with Gasteiger partial charge in [0.15, 0.2) is 5.82 Å². The predicted octanol–water partition coefficient (Wildman–Crippen LogP) is 6.70. The van der Waals surface area contributed by atoms with Crippen LogP contribution in [0.4, 0.5) is 14.6 Å². The number of nitrogens with zero attached hydrogens (tertiary/aromatic N) is 4. The standard InChI is InChI=1S/C39H41F2N5O2/c1-3-28-31(40)7-4-24-17-27(47)18-29(33(24)28)32-23(2)16-30-35(34(32)41)43-37(44-36(30)46-19-25-5-6-26(20-46)42-25)48-22-39(10-11-39)21-45-14-12-38(8-9-38)13-15-45/h1,4,7,16-18,25-26,42,47H,5-6,8-15,19-22H2,2H3. The van der Waals surface area contributed by atoms with Crippen molar-refractivity contribution < 1.29 is 18.6 Å². The monoisotopic (exact) mass is 649 g/mol. The van der Waals surface area contributed by atoms with Crippen LogP contribution < -0.4 is 15.0 Å². The Morgan fingerprint density at radius 2 is 1.77 bits per heavy atom. The van der Waals surface area contributed by atoms with Crippen LogP contribution in [-0.2, 0) is 0 Å². The minimum atomic E-state index is -0.574. The number of fused-ring (bicyclic) bond motifs is 4. The van der Waals surface area contributed by atoms with Gasteiger partial charge in [-0.2, -0.15) is 9.97 Å². The maximum Gasteiger partial charge on any atom is 0.319 e. The molecule has 9 rings (SSSR count). The van der Waals surface area contributed by atoms with E-state index in [2.05, 4.69) is 21.0 Å². The number of terminal acetylenes is 1. The SMILES string of the molecule is C#Cc1c(F)ccc2cc(O)cc(-c3c(C)cc4c(N5CC6CCC(C5)N6)nc(OCC5(CN6CCC7(CC6)CC7)CC5)nc4c3F)c12. The maximum atomic E-state index is 17.2. The van der Waals surface area contributed by atoms with E-state index in [-0.39, 0.29) is 33.8 Å². The molecule has 48 heavy (non-hydrogen) atoms. The van der Waals surface area contributed by atoms with Gasteiger partial charge in [-0.15, -0.1) is 6.42 Å². The fourth-order valence-electron chi connectivity index (χ4n) is 8.77. The van der Waals surface area contributed by atoms with Crippen molar-refractivity contribution in [2.45, 2.75) is 70.4 Å². The summed E-state index contributed by atoms with van der Waals surface area (Å²) in [5.41, 5.74) is 2.05. The Kier molecular flexibility index (Phi) is 6.90. The number of phenols is 1. The number of anilines is 1. The van der Waals surface area contributed by atoms with Crippen LogP contribution in [0.15, 0.2) is 30.3 Å². The molecule has 2 saturated carbocycles. The normalized spacial score (nSPS) is 23.9. The number of hydrogen-bond donors (Lipinski definition) is 2. The summed E-state index contributed by atoms with van der Waals surface area (Å²) in [6.07, 6.45) is 15.6. The number of nitrogens with one attached hydrogen (secondary N) is 1. The van der Waals surface area contributed by atoms with E-state index in [1.165, 1.54) is 43.9 Å². The molecular weight excluding hydrogens is 608 g/mol. The number of piperidine rings is 1. The summed E-state index contributed by atoms with van der Waals surface area (Å²) < 4.78 is 38.6. The van der Waals surface area contributed by atoms with Crippen LogP contribution in [0.3, 0.4) is 0 Å². The molecule has 3 aromatic carbocycles. The number of ether oxygens (including phenoxy) is 1. The van der Waals surface area contributed by atoms with Crippen LogP contribution >= 0.6 is 0 Å². The molecule has 1 aromatic heterocycles. The lowest BCUT2D eigenvalue weighted by molar-refractivity contribution is 0.115. The number of aromatic hydroxyl groups is 1. The van der Waals surface area contributed by atoms with Gasteiger partial charge >= 0.3 is 6.01 Å². The van der Waals surface area contributed by atoms with Gasteiger partial charge < -0.3 is 25.0 Å². The molecule has 2 N–H and O–H groups in total. The number of hydrogen-bond acceptors (Lipinski definition) is 7. The highest BCUT2D eigenvalue weighted by Crippen LogP contribution is 2.55. The summed E-state index contributed by atoms with van der Waals surface area (Å²) in [6.45, 7) is 7.19. The third-order valence-electron chi connectivity index (χ3n) is 12.0. The minimum absolute atomic E-state index is 0.0285. The Balaban J connectivity index is 1.12. The first-order chi connectivity index (χ1) is 23.2. The second kappa shape index (κ2) is 11.0. The third-order valence-corrected chi connectivity index (χ3v) is 12.0. The van der Waals surface area contributed by atoms with Crippen molar-refractivity contribution in [2.75, 3.05) is 44.2 Å². The van der Waals surface area contributed by atoms with Crippen molar-refractivity contribution in [3.63, 3.8) is 0 Å². The highest BCUT2D eigenvalue weighted by atomic mass is 19.1. The van der Waals surface area contributed by atoms with Crippen LogP contribution in [0.1, 0.15) is 62.5 Å². The zero-order valence-electron chi connectivity index (χ0n) is 27.4. The quantitative estimate of drug-likeness (QED) is 0.216. The number of aryl methyl sites for hydroxylation is 1. The zero-order chi connectivity index (χ0) is 32.8. The fraction of sp³-hybridized carbons (Fsp3) is 0.487. The molecule has 1 spiro atoms. The third kappa shape index (κ3) is 5.16. The minimum Gasteiger partial charge on any atom is -0.508 e. The Labute approximate surface area is 279 Å². The first-order valence-electron chi connectivity index (χ1n) is 17.5. The van der Waals surface area contributed by atoms with Crippen molar-refractivity contribution in [3.8, 4) is 35.2 Å². The molecule has 5 aliphatic rings. The van der Waals surface area contributed by atoms with Crippen LogP contribution in [0, 0.1) is 41.7 Å². The molecule has 4 aromatic rings. The molecule has 3 aliphatic heterocycles. The number of aromatic nitrogens is 2. The van der Waals surface area contributed by atoms with E-state index in [9.17, 15) is 9.50 Å². The molecule has 5 fully saturated rings. The molecule has 2 atom stereocenters. The van der Waals surface area contributed by atoms with Crippen LogP contribution in [0.25, 0.3) is 32.8 Å². The Bertz CT molecular complexity index is 1990. The molecule has 2 aliphatic carbocycles. The lowest BCUT2D eigenvalue weighted by atomic mass is 9.90. The summed E-state index contributed by atoms with van der Waals surface area (Å²) in [5.74, 6) is 1.92. The smallest absolute Gasteiger partial charge is 0.319 e. The molecule has 7 nitrogen and oxygen atoms in total. The molecule has 2 bridgehead atoms. The van der Waals surface area contributed by atoms with Crippen molar-refractivity contribution in [3.05, 3.63) is 53.1 Å². The summed E-state index contributed by atoms with van der Waals surface area (Å²) in [4.78, 5) is 14.6. The maximum absolute atomic E-state index is 17.2. The van der Waals surface area contributed by atoms with E-state index in [0.29, 0.717) is 57.2 Å². The van der Waals surface area contributed by atoms with Gasteiger partial charge in [-0.3, -0.25) is 0 Å².